The Morgan fingerprint density at radius 3 is 1.01 bits per heavy atom. The van der Waals surface area contributed by atoms with Gasteiger partial charge in [0.2, 0.25) is 5.91 Å². The molecule has 10 unspecified atom stereocenters. The number of phenols is 1. The number of nitrogens with one attached hydrogen (secondary N) is 4. The van der Waals surface area contributed by atoms with Gasteiger partial charge in [-0.25, -0.2) is 14.4 Å². The largest absolute Gasteiger partial charge is 0.508 e. The maximum absolute atomic E-state index is 12.1. The van der Waals surface area contributed by atoms with E-state index in [1.54, 1.807) is 91.0 Å². The van der Waals surface area contributed by atoms with E-state index >= 15 is 0 Å². The van der Waals surface area contributed by atoms with Crippen LogP contribution in [0.1, 0.15) is 178 Å². The van der Waals surface area contributed by atoms with Crippen molar-refractivity contribution in [1.29, 1.82) is 0 Å². The number of aliphatic hydroxyl groups is 1. The van der Waals surface area contributed by atoms with Gasteiger partial charge in [-0.05, 0) is 193 Å². The van der Waals surface area contributed by atoms with Crippen LogP contribution in [0, 0.1) is 35.5 Å². The van der Waals surface area contributed by atoms with E-state index in [0.717, 1.165) is 12.8 Å². The van der Waals surface area contributed by atoms with Crippen LogP contribution in [0.5, 0.6) is 5.75 Å². The Morgan fingerprint density at radius 1 is 0.389 bits per heavy atom. The number of amides is 4. The first-order valence-electron chi connectivity index (χ1n) is 36.7. The zero-order valence-corrected chi connectivity index (χ0v) is 62.5. The highest BCUT2D eigenvalue weighted by molar-refractivity contribution is 5.98. The van der Waals surface area contributed by atoms with Crippen molar-refractivity contribution in [2.24, 2.45) is 69.9 Å². The Labute approximate surface area is 651 Å². The normalized spacial score (nSPS) is 18.4. The number of aliphatic carboxylic acids is 9. The predicted octanol–water partition coefficient (Wildman–Crippen LogP) is 2.93. The van der Waals surface area contributed by atoms with E-state index in [1.807, 2.05) is 0 Å². The van der Waals surface area contributed by atoms with E-state index in [1.165, 1.54) is 24.3 Å². The molecule has 8 rings (SSSR count). The monoisotopic (exact) mass is 1590 g/mol. The number of carboxylic acid groups (broad SMARTS) is 9. The van der Waals surface area contributed by atoms with E-state index in [4.69, 9.17) is 75.3 Å². The van der Waals surface area contributed by atoms with Crippen molar-refractivity contribution in [2.45, 2.75) is 183 Å². The summed E-state index contributed by atoms with van der Waals surface area (Å²) in [6.45, 7) is 1.06. The van der Waals surface area contributed by atoms with E-state index in [9.17, 15) is 87.2 Å². The van der Waals surface area contributed by atoms with Crippen LogP contribution in [-0.2, 0) is 57.5 Å². The highest BCUT2D eigenvalue weighted by Gasteiger charge is 2.36. The number of phenolic OH excluding ortho intramolecular Hbond substituents is 1. The molecule has 4 amide bonds. The van der Waals surface area contributed by atoms with Crippen molar-refractivity contribution < 1.29 is 128 Å². The van der Waals surface area contributed by atoms with Gasteiger partial charge in [-0.15, -0.1) is 0 Å². The van der Waals surface area contributed by atoms with Gasteiger partial charge in [-0.3, -0.25) is 57.5 Å². The zero-order chi connectivity index (χ0) is 84.9. The lowest BCUT2D eigenvalue weighted by Gasteiger charge is -2.27. The zero-order valence-electron chi connectivity index (χ0n) is 62.5. The van der Waals surface area contributed by atoms with E-state index in [-0.39, 0.29) is 96.9 Å². The molecule has 0 bridgehead atoms. The third-order valence-electron chi connectivity index (χ3n) is 19.1. The summed E-state index contributed by atoms with van der Waals surface area (Å²) in [5, 5.41) is 108. The van der Waals surface area contributed by atoms with Crippen LogP contribution in [0.4, 0.5) is 0 Å². The molecule has 113 heavy (non-hydrogen) atoms. The Morgan fingerprint density at radius 2 is 0.717 bits per heavy atom. The van der Waals surface area contributed by atoms with Crippen LogP contribution < -0.4 is 55.7 Å². The summed E-state index contributed by atoms with van der Waals surface area (Å²) in [4.78, 5) is 167. The smallest absolute Gasteiger partial charge is 0.326 e. The fourth-order valence-corrected chi connectivity index (χ4v) is 12.4. The number of carbonyl (C=O) groups is 15. The lowest BCUT2D eigenvalue weighted by molar-refractivity contribution is -0.142. The lowest BCUT2D eigenvalue weighted by atomic mass is 9.83. The molecule has 10 atom stereocenters. The third kappa shape index (κ3) is 38.6. The number of carboxylic acids is 9. The second-order valence-electron chi connectivity index (χ2n) is 27.3. The molecule has 3 aliphatic carbocycles. The molecule has 4 aliphatic rings. The highest BCUT2D eigenvalue weighted by atomic mass is 16.4. The van der Waals surface area contributed by atoms with E-state index in [0.29, 0.717) is 132 Å². The summed E-state index contributed by atoms with van der Waals surface area (Å²) >= 11 is 0. The molecule has 1 saturated heterocycles. The Balaban J connectivity index is 0.000000453. The highest BCUT2D eigenvalue weighted by Crippen LogP contribution is 2.29. The van der Waals surface area contributed by atoms with Crippen molar-refractivity contribution in [3.8, 4) is 5.75 Å². The van der Waals surface area contributed by atoms with Gasteiger partial charge in [0.05, 0.1) is 6.10 Å². The van der Waals surface area contributed by atoms with Crippen LogP contribution in [0.25, 0.3) is 0 Å². The van der Waals surface area contributed by atoms with E-state index < -0.39 is 114 Å². The van der Waals surface area contributed by atoms with Gasteiger partial charge in [0, 0.05) is 68.2 Å². The molecule has 1 aliphatic heterocycles. The Hall–Kier alpha value is -11.2. The number of aliphatic hydroxyl groups excluding tert-OH is 1. The Kier molecular flexibility index (Phi) is 45.9. The number of carbonyl (C=O) groups excluding carboxylic acids is 6. The fourth-order valence-electron chi connectivity index (χ4n) is 12.4. The summed E-state index contributed by atoms with van der Waals surface area (Å²) in [7, 11) is 0. The van der Waals surface area contributed by atoms with Crippen LogP contribution in [0.2, 0.25) is 0 Å². The van der Waals surface area contributed by atoms with Gasteiger partial charge in [-0.1, -0.05) is 66.7 Å². The molecule has 36 nitrogen and oxygen atoms in total. The predicted molar refractivity (Wildman–Crippen MR) is 406 cm³/mol. The molecular weight excluding hydrogens is 1480 g/mol. The maximum atomic E-state index is 12.1. The van der Waals surface area contributed by atoms with Gasteiger partial charge >= 0.3 is 53.7 Å². The van der Waals surface area contributed by atoms with Crippen LogP contribution in [0.15, 0.2) is 115 Å². The lowest BCUT2D eigenvalue weighted by Crippen LogP contribution is -2.47. The van der Waals surface area contributed by atoms with Crippen LogP contribution in [0.3, 0.4) is 0 Å². The minimum atomic E-state index is -1.12. The van der Waals surface area contributed by atoms with Crippen molar-refractivity contribution in [3.05, 3.63) is 138 Å². The van der Waals surface area contributed by atoms with Crippen molar-refractivity contribution in [2.75, 3.05) is 19.6 Å². The molecule has 0 spiro atoms. The standard InChI is InChI=1S/C15H18N2O4.2C15H17NO4.2C8H16N2O4.C8H15NO3.C8H9NO3/c18-12-7-6-10(8-9-16-12)13(15(20)21)17-14(19)11-4-2-1-3-5-11;2*17-12-8-6-10(7-9-12)13(15(19)20)16-14(18)11-4-2-1-3-5-11;2*9-4-3-5(1-2-6(11)12)7(10)8(13)14;2*9-7(8(11)12)5-1-3-6(10)4-2-5/h1-5,10,13H,6-9H2,(H,16,18)(H,17,19)(H,20,21);2*1-5,10,13H,6-9H2,(H,16,18)(H,19,20);2*5,7H,1-4,9-10H2,(H,11,12)(H,13,14);5-7,10H,1-4,9H2,(H,11,12);1-4,7,10H,9H2,(H,11,12). The second kappa shape index (κ2) is 52.9. The van der Waals surface area contributed by atoms with Gasteiger partial charge in [0.1, 0.15) is 59.6 Å². The summed E-state index contributed by atoms with van der Waals surface area (Å²) in [5.41, 5.74) is 33.9. The SMILES string of the molecule is NC(C(=O)O)C1CCC(O)CC1.NC(C(=O)O)c1ccc(O)cc1.NCCC(CCC(=O)O)C(N)C(=O)O.NCCC(CCC(=O)O)C(N)C(=O)O.O=C1CCC(C(NC(=O)c2ccccc2)C(=O)O)CC1.O=C1CCC(C(NC(=O)c2ccccc2)C(=O)O)CC1.O=C1CCC(C(NC(=O)c2ccccc2)C(=O)O)CCN1. The molecule has 27 N–H and O–H groups in total. The summed E-state index contributed by atoms with van der Waals surface area (Å²) in [6.07, 6.45) is 8.74. The Bertz CT molecular complexity index is 3540. The maximum Gasteiger partial charge on any atom is 0.326 e. The van der Waals surface area contributed by atoms with Gasteiger partial charge in [0.15, 0.2) is 0 Å². The molecular formula is C77H108N10O26. The average molecular weight is 1590 g/mol. The number of hydrogen-bond donors (Lipinski definition) is 21. The van der Waals surface area contributed by atoms with Crippen molar-refractivity contribution >= 4 is 88.9 Å². The molecule has 4 aromatic rings. The molecule has 1 heterocycles. The molecule has 0 radical (unpaired) electrons. The second-order valence-corrected chi connectivity index (χ2v) is 27.3. The molecule has 4 fully saturated rings. The van der Waals surface area contributed by atoms with Crippen molar-refractivity contribution in [1.82, 2.24) is 21.3 Å². The van der Waals surface area contributed by atoms with E-state index in [2.05, 4.69) is 21.3 Å². The average Bonchev–Trinajstić information content (AvgIpc) is 1.05. The van der Waals surface area contributed by atoms with Gasteiger partial charge in [0.25, 0.3) is 17.7 Å². The van der Waals surface area contributed by atoms with Crippen LogP contribution >= 0.6 is 0 Å². The number of benzene rings is 4. The summed E-state index contributed by atoms with van der Waals surface area (Å²) in [6, 6.07) is 24.6. The quantitative estimate of drug-likeness (QED) is 0.0357. The number of Topliss-reactive ketones (excluding diaryl/α,β-unsaturated/α-hetero) is 2. The molecule has 4 aromatic carbocycles. The first-order chi connectivity index (χ1) is 53.4. The minimum absolute atomic E-state index is 0.0471. The molecule has 3 saturated carbocycles. The number of rotatable bonds is 30. The van der Waals surface area contributed by atoms with Crippen molar-refractivity contribution in [3.63, 3.8) is 0 Å². The van der Waals surface area contributed by atoms with Crippen LogP contribution in [-0.4, -0.2) is 207 Å². The molecule has 36 heteroatoms. The topological polar surface area (TPSA) is 683 Å². The van der Waals surface area contributed by atoms with Gasteiger partial charge < -0.3 is 112 Å². The minimum Gasteiger partial charge on any atom is -0.508 e. The number of hydrogen-bond acceptors (Lipinski definition) is 23. The van der Waals surface area contributed by atoms with Gasteiger partial charge in [-0.2, -0.15) is 0 Å². The third-order valence-corrected chi connectivity index (χ3v) is 19.1. The number of ketones is 2. The number of nitrogens with two attached hydrogens (primary N) is 6. The first-order valence-corrected chi connectivity index (χ1v) is 36.7. The first kappa shape index (κ1) is 97.9. The molecule has 622 valence electrons. The summed E-state index contributed by atoms with van der Waals surface area (Å²) in [5.74, 6) is -11.5. The summed E-state index contributed by atoms with van der Waals surface area (Å²) < 4.78 is 0. The number of aromatic hydroxyl groups is 1. The molecule has 0 aromatic heterocycles. The fraction of sp³-hybridized carbons (Fsp3) is 0.494.